The summed E-state index contributed by atoms with van der Waals surface area (Å²) in [5.74, 6) is 0.0298. The minimum absolute atomic E-state index is 0.0391. The van der Waals surface area contributed by atoms with Crippen molar-refractivity contribution in [1.29, 1.82) is 0 Å². The van der Waals surface area contributed by atoms with Crippen molar-refractivity contribution in [3.63, 3.8) is 0 Å². The number of nitrogens with one attached hydrogen (secondary N) is 2. The van der Waals surface area contributed by atoms with Crippen molar-refractivity contribution in [2.24, 2.45) is 11.8 Å². The van der Waals surface area contributed by atoms with Crippen LogP contribution in [0.2, 0.25) is 0 Å². The van der Waals surface area contributed by atoms with Gasteiger partial charge in [0.2, 0.25) is 0 Å². The predicted molar refractivity (Wildman–Crippen MR) is 66.3 cm³/mol. The third-order valence-electron chi connectivity index (χ3n) is 3.50. The summed E-state index contributed by atoms with van der Waals surface area (Å²) in [5.41, 5.74) is 0. The highest BCUT2D eigenvalue weighted by molar-refractivity contribution is 5.82. The fourth-order valence-corrected chi connectivity index (χ4v) is 2.30. The van der Waals surface area contributed by atoms with Gasteiger partial charge in [-0.3, -0.25) is 0 Å². The molecule has 1 saturated carbocycles. The van der Waals surface area contributed by atoms with Gasteiger partial charge in [-0.2, -0.15) is 0 Å². The zero-order valence-electron chi connectivity index (χ0n) is 10.9. The van der Waals surface area contributed by atoms with Gasteiger partial charge in [0.15, 0.2) is 6.04 Å². The third kappa shape index (κ3) is 4.52. The van der Waals surface area contributed by atoms with Gasteiger partial charge in [0.1, 0.15) is 0 Å². The molecule has 1 fully saturated rings. The molecule has 0 aromatic carbocycles. The number of carbonyl (C=O) groups is 2. The minimum Gasteiger partial charge on any atom is -0.480 e. The fraction of sp³-hybridized carbons (Fsp3) is 0.833. The van der Waals surface area contributed by atoms with E-state index in [-0.39, 0.29) is 6.61 Å². The van der Waals surface area contributed by atoms with E-state index in [1.807, 2.05) is 0 Å². The highest BCUT2D eigenvalue weighted by Crippen LogP contribution is 2.30. The maximum absolute atomic E-state index is 11.6. The van der Waals surface area contributed by atoms with Crippen LogP contribution in [0.3, 0.4) is 0 Å². The Balaban J connectivity index is 2.29. The molecule has 1 rings (SSSR count). The van der Waals surface area contributed by atoms with Crippen LogP contribution in [0.1, 0.15) is 26.2 Å². The summed E-state index contributed by atoms with van der Waals surface area (Å²) < 4.78 is 4.74. The van der Waals surface area contributed by atoms with E-state index in [1.54, 1.807) is 0 Å². The van der Waals surface area contributed by atoms with Crippen LogP contribution < -0.4 is 10.6 Å². The Morgan fingerprint density at radius 1 is 1.44 bits per heavy atom. The van der Waals surface area contributed by atoms with Crippen molar-refractivity contribution in [2.75, 3.05) is 20.3 Å². The Hall–Kier alpha value is -1.30. The summed E-state index contributed by atoms with van der Waals surface area (Å²) in [7, 11) is 1.40. The molecule has 0 spiro atoms. The molecule has 6 nitrogen and oxygen atoms in total. The van der Waals surface area contributed by atoms with Gasteiger partial charge in [0, 0.05) is 13.7 Å². The van der Waals surface area contributed by atoms with Crippen LogP contribution in [0.15, 0.2) is 0 Å². The number of aliphatic carboxylic acids is 1. The molecule has 0 aromatic heterocycles. The van der Waals surface area contributed by atoms with Crippen LogP contribution >= 0.6 is 0 Å². The van der Waals surface area contributed by atoms with Gasteiger partial charge >= 0.3 is 12.0 Å². The first kappa shape index (κ1) is 14.8. The molecule has 0 aromatic rings. The lowest BCUT2D eigenvalue weighted by molar-refractivity contribution is -0.140. The van der Waals surface area contributed by atoms with E-state index in [4.69, 9.17) is 9.84 Å². The molecular formula is C12H22N2O4. The zero-order chi connectivity index (χ0) is 13.5. The molecule has 0 heterocycles. The Labute approximate surface area is 107 Å². The molecule has 0 bridgehead atoms. The van der Waals surface area contributed by atoms with E-state index >= 15 is 0 Å². The highest BCUT2D eigenvalue weighted by atomic mass is 16.5. The van der Waals surface area contributed by atoms with Gasteiger partial charge in [0.05, 0.1) is 6.61 Å². The van der Waals surface area contributed by atoms with Crippen LogP contribution in [-0.2, 0) is 9.53 Å². The number of urea groups is 1. The van der Waals surface area contributed by atoms with Gasteiger partial charge in [-0.05, 0) is 18.3 Å². The maximum atomic E-state index is 11.6. The number of hydrogen-bond acceptors (Lipinski definition) is 3. The molecule has 6 heteroatoms. The first-order valence-electron chi connectivity index (χ1n) is 6.30. The number of rotatable bonds is 6. The van der Waals surface area contributed by atoms with Gasteiger partial charge in [-0.25, -0.2) is 9.59 Å². The van der Waals surface area contributed by atoms with Gasteiger partial charge < -0.3 is 20.5 Å². The Morgan fingerprint density at radius 3 is 2.67 bits per heavy atom. The molecule has 0 saturated heterocycles. The van der Waals surface area contributed by atoms with E-state index in [1.165, 1.54) is 20.0 Å². The van der Waals surface area contributed by atoms with Crippen molar-refractivity contribution in [3.05, 3.63) is 0 Å². The van der Waals surface area contributed by atoms with Crippen LogP contribution in [0.4, 0.5) is 4.79 Å². The molecule has 0 aliphatic heterocycles. The van der Waals surface area contributed by atoms with Crippen LogP contribution in [-0.4, -0.2) is 43.4 Å². The Kier molecular flexibility index (Phi) is 5.91. The van der Waals surface area contributed by atoms with Crippen LogP contribution in [0, 0.1) is 11.8 Å². The summed E-state index contributed by atoms with van der Waals surface area (Å²) in [5, 5.41) is 14.0. The summed E-state index contributed by atoms with van der Waals surface area (Å²) in [6, 6.07) is -1.45. The van der Waals surface area contributed by atoms with E-state index in [0.717, 1.165) is 6.42 Å². The SMILES string of the molecule is COCC(NC(=O)NCC1CCCC1C)C(=O)O. The van der Waals surface area contributed by atoms with E-state index < -0.39 is 18.0 Å². The molecule has 1 aliphatic rings. The van der Waals surface area contributed by atoms with Crippen molar-refractivity contribution in [3.8, 4) is 0 Å². The van der Waals surface area contributed by atoms with Gasteiger partial charge in [-0.15, -0.1) is 0 Å². The monoisotopic (exact) mass is 258 g/mol. The topological polar surface area (TPSA) is 87.7 Å². The first-order valence-corrected chi connectivity index (χ1v) is 6.30. The standard InChI is InChI=1S/C12H22N2O4/c1-8-4-3-5-9(8)6-13-12(17)14-10(7-18-2)11(15)16/h8-10H,3-7H2,1-2H3,(H,15,16)(H2,13,14,17). The lowest BCUT2D eigenvalue weighted by atomic mass is 9.98. The summed E-state index contributed by atoms with van der Waals surface area (Å²) in [6.07, 6.45) is 3.54. The van der Waals surface area contributed by atoms with Crippen LogP contribution in [0.5, 0.6) is 0 Å². The molecule has 104 valence electrons. The largest absolute Gasteiger partial charge is 0.480 e. The molecule has 18 heavy (non-hydrogen) atoms. The van der Waals surface area contributed by atoms with E-state index in [0.29, 0.717) is 18.4 Å². The van der Waals surface area contributed by atoms with Gasteiger partial charge in [0.25, 0.3) is 0 Å². The number of carbonyl (C=O) groups excluding carboxylic acids is 1. The Morgan fingerprint density at radius 2 is 2.17 bits per heavy atom. The minimum atomic E-state index is -1.10. The zero-order valence-corrected chi connectivity index (χ0v) is 10.9. The normalized spacial score (nSPS) is 24.6. The summed E-state index contributed by atoms with van der Waals surface area (Å²) in [6.45, 7) is 2.75. The van der Waals surface area contributed by atoms with Crippen molar-refractivity contribution >= 4 is 12.0 Å². The quantitative estimate of drug-likeness (QED) is 0.658. The molecule has 3 unspecified atom stereocenters. The molecule has 2 amide bonds. The maximum Gasteiger partial charge on any atom is 0.328 e. The number of methoxy groups -OCH3 is 1. The van der Waals surface area contributed by atoms with Crippen molar-refractivity contribution in [1.82, 2.24) is 10.6 Å². The number of carboxylic acid groups (broad SMARTS) is 1. The second-order valence-corrected chi connectivity index (χ2v) is 4.87. The molecule has 3 atom stereocenters. The number of hydrogen-bond donors (Lipinski definition) is 3. The average molecular weight is 258 g/mol. The molecule has 1 aliphatic carbocycles. The second-order valence-electron chi connectivity index (χ2n) is 4.87. The van der Waals surface area contributed by atoms with Crippen molar-refractivity contribution in [2.45, 2.75) is 32.2 Å². The van der Waals surface area contributed by atoms with Gasteiger partial charge in [-0.1, -0.05) is 19.8 Å². The number of ether oxygens (including phenoxy) is 1. The Bertz CT molecular complexity index is 296. The fourth-order valence-electron chi connectivity index (χ4n) is 2.30. The number of amides is 2. The second kappa shape index (κ2) is 7.20. The summed E-state index contributed by atoms with van der Waals surface area (Å²) in [4.78, 5) is 22.4. The highest BCUT2D eigenvalue weighted by Gasteiger charge is 2.24. The third-order valence-corrected chi connectivity index (χ3v) is 3.50. The van der Waals surface area contributed by atoms with E-state index in [9.17, 15) is 9.59 Å². The average Bonchev–Trinajstić information content (AvgIpc) is 2.71. The van der Waals surface area contributed by atoms with E-state index in [2.05, 4.69) is 17.6 Å². The number of carboxylic acids is 1. The molecule has 3 N–H and O–H groups in total. The lowest BCUT2D eigenvalue weighted by Gasteiger charge is -2.18. The lowest BCUT2D eigenvalue weighted by Crippen LogP contribution is -2.49. The molecular weight excluding hydrogens is 236 g/mol. The summed E-state index contributed by atoms with van der Waals surface area (Å²) >= 11 is 0. The molecule has 0 radical (unpaired) electrons. The van der Waals surface area contributed by atoms with Crippen LogP contribution in [0.25, 0.3) is 0 Å². The smallest absolute Gasteiger partial charge is 0.328 e. The first-order chi connectivity index (χ1) is 8.54. The predicted octanol–water partition coefficient (Wildman–Crippen LogP) is 0.821. The van der Waals surface area contributed by atoms with Crippen molar-refractivity contribution < 1.29 is 19.4 Å².